The van der Waals surface area contributed by atoms with Gasteiger partial charge in [0.05, 0.1) is 18.7 Å². The van der Waals surface area contributed by atoms with Gasteiger partial charge in [-0.25, -0.2) is 4.39 Å². The maximum absolute atomic E-state index is 13.8. The summed E-state index contributed by atoms with van der Waals surface area (Å²) in [6, 6.07) is 0. The van der Waals surface area contributed by atoms with Gasteiger partial charge in [0, 0.05) is 6.20 Å². The molecule has 0 amide bonds. The maximum atomic E-state index is 13.8. The molecule has 4 nitrogen and oxygen atoms in total. The van der Waals surface area contributed by atoms with Crippen LogP contribution < -0.4 is 4.74 Å². The molecule has 0 aromatic carbocycles. The highest BCUT2D eigenvalue weighted by Gasteiger charge is 2.42. The summed E-state index contributed by atoms with van der Waals surface area (Å²) in [4.78, 5) is 14.1. The van der Waals surface area contributed by atoms with Gasteiger partial charge in [-0.05, 0) is 6.92 Å². The third-order valence-electron chi connectivity index (χ3n) is 2.19. The second-order valence-electron chi connectivity index (χ2n) is 3.79. The normalized spacial score (nSPS) is 12.2. The number of rotatable bonds is 4. The summed E-state index contributed by atoms with van der Waals surface area (Å²) >= 11 is 0. The van der Waals surface area contributed by atoms with E-state index in [9.17, 15) is 35.5 Å². The highest BCUT2D eigenvalue weighted by atomic mass is 19.4. The largest absolute Gasteiger partial charge is 0.573 e. The molecule has 0 spiro atoms. The fraction of sp³-hybridized carbons (Fsp3) is 0.455. The molecule has 0 N–H and O–H groups in total. The molecule has 0 saturated carbocycles. The van der Waals surface area contributed by atoms with Crippen molar-refractivity contribution in [2.75, 3.05) is 6.61 Å². The maximum Gasteiger partial charge on any atom is 0.573 e. The van der Waals surface area contributed by atoms with Crippen molar-refractivity contribution in [1.29, 1.82) is 0 Å². The summed E-state index contributed by atoms with van der Waals surface area (Å²) in [5, 5.41) is 0. The first kappa shape index (κ1) is 18.0. The fourth-order valence-electron chi connectivity index (χ4n) is 1.40. The summed E-state index contributed by atoms with van der Waals surface area (Å²) in [6.45, 7) is 1.31. The first-order valence-corrected chi connectivity index (χ1v) is 5.61. The molecule has 0 aliphatic heterocycles. The Bertz CT molecular complexity index is 554. The van der Waals surface area contributed by atoms with Crippen molar-refractivity contribution < 1.29 is 45.0 Å². The smallest absolute Gasteiger partial charge is 0.466 e. The molecule has 0 aliphatic carbocycles. The number of esters is 1. The molecule has 11 heteroatoms. The van der Waals surface area contributed by atoms with Crippen molar-refractivity contribution in [2.45, 2.75) is 25.9 Å². The van der Waals surface area contributed by atoms with Crippen LogP contribution in [0.1, 0.15) is 18.2 Å². The van der Waals surface area contributed by atoms with Gasteiger partial charge in [-0.3, -0.25) is 9.78 Å². The topological polar surface area (TPSA) is 48.4 Å². The highest BCUT2D eigenvalue weighted by Crippen LogP contribution is 2.40. The van der Waals surface area contributed by atoms with Crippen molar-refractivity contribution in [3.8, 4) is 5.75 Å². The van der Waals surface area contributed by atoms with Crippen molar-refractivity contribution >= 4 is 5.97 Å². The number of carbonyl (C=O) groups excluding carboxylic acids is 1. The SMILES string of the molecule is CCOC(=O)Cc1ncc(C(F)(F)F)c(OC(F)(F)F)c1F. The molecule has 0 radical (unpaired) electrons. The Morgan fingerprint density at radius 3 is 2.27 bits per heavy atom. The Balaban J connectivity index is 3.30. The van der Waals surface area contributed by atoms with Gasteiger partial charge in [0.15, 0.2) is 11.6 Å². The van der Waals surface area contributed by atoms with Crippen LogP contribution in [0.4, 0.5) is 30.7 Å². The lowest BCUT2D eigenvalue weighted by Crippen LogP contribution is -2.22. The van der Waals surface area contributed by atoms with E-state index in [1.807, 2.05) is 0 Å². The molecule has 1 aromatic rings. The Morgan fingerprint density at radius 2 is 1.82 bits per heavy atom. The van der Waals surface area contributed by atoms with Crippen LogP contribution in [0.5, 0.6) is 5.75 Å². The zero-order valence-corrected chi connectivity index (χ0v) is 10.8. The van der Waals surface area contributed by atoms with Crippen LogP contribution in [0.15, 0.2) is 6.20 Å². The molecule has 0 saturated heterocycles. The minimum atomic E-state index is -5.55. The third kappa shape index (κ3) is 4.74. The Kier molecular flexibility index (Phi) is 5.20. The fourth-order valence-corrected chi connectivity index (χ4v) is 1.40. The van der Waals surface area contributed by atoms with Crippen LogP contribution >= 0.6 is 0 Å². The third-order valence-corrected chi connectivity index (χ3v) is 2.19. The predicted octanol–water partition coefficient (Wildman–Crippen LogP) is 3.24. The van der Waals surface area contributed by atoms with Gasteiger partial charge >= 0.3 is 18.5 Å². The summed E-state index contributed by atoms with van der Waals surface area (Å²) < 4.78 is 95.4. The van der Waals surface area contributed by atoms with Gasteiger partial charge in [0.2, 0.25) is 0 Å². The average Bonchev–Trinajstić information content (AvgIpc) is 2.31. The monoisotopic (exact) mass is 335 g/mol. The molecular weight excluding hydrogens is 327 g/mol. The number of aromatic nitrogens is 1. The van der Waals surface area contributed by atoms with E-state index in [4.69, 9.17) is 0 Å². The molecule has 1 rings (SSSR count). The van der Waals surface area contributed by atoms with E-state index in [1.54, 1.807) is 0 Å². The van der Waals surface area contributed by atoms with Gasteiger partial charge in [0.1, 0.15) is 5.56 Å². The van der Waals surface area contributed by atoms with Gasteiger partial charge in [0.25, 0.3) is 0 Å². The molecule has 22 heavy (non-hydrogen) atoms. The van der Waals surface area contributed by atoms with Crippen LogP contribution in [-0.2, 0) is 22.1 Å². The minimum Gasteiger partial charge on any atom is -0.466 e. The number of ether oxygens (including phenoxy) is 2. The molecule has 0 fully saturated rings. The van der Waals surface area contributed by atoms with Crippen LogP contribution in [0.25, 0.3) is 0 Å². The quantitative estimate of drug-likeness (QED) is 0.626. The molecular formula is C11H8F7NO3. The van der Waals surface area contributed by atoms with E-state index in [1.165, 1.54) is 6.92 Å². The molecule has 1 heterocycles. The van der Waals surface area contributed by atoms with E-state index in [0.717, 1.165) is 0 Å². The summed E-state index contributed by atoms with van der Waals surface area (Å²) in [7, 11) is 0. The van der Waals surface area contributed by atoms with Crippen LogP contribution in [0.2, 0.25) is 0 Å². The Morgan fingerprint density at radius 1 is 1.23 bits per heavy atom. The number of halogens is 7. The molecule has 0 aliphatic rings. The van der Waals surface area contributed by atoms with Crippen molar-refractivity contribution in [1.82, 2.24) is 4.98 Å². The summed E-state index contributed by atoms with van der Waals surface area (Å²) in [5.41, 5.74) is -3.00. The Labute approximate surface area is 118 Å². The number of hydrogen-bond donors (Lipinski definition) is 0. The van der Waals surface area contributed by atoms with E-state index in [2.05, 4.69) is 14.5 Å². The zero-order chi connectivity index (χ0) is 17.1. The lowest BCUT2D eigenvalue weighted by Gasteiger charge is -2.16. The molecule has 0 bridgehead atoms. The predicted molar refractivity (Wildman–Crippen MR) is 56.2 cm³/mol. The second kappa shape index (κ2) is 6.36. The van der Waals surface area contributed by atoms with Crippen molar-refractivity contribution in [2.24, 2.45) is 0 Å². The van der Waals surface area contributed by atoms with E-state index in [-0.39, 0.29) is 12.8 Å². The van der Waals surface area contributed by atoms with E-state index >= 15 is 0 Å². The molecule has 0 unspecified atom stereocenters. The molecule has 124 valence electrons. The minimum absolute atomic E-state index is 0.0429. The number of nitrogens with zero attached hydrogens (tertiary/aromatic N) is 1. The van der Waals surface area contributed by atoms with Crippen LogP contribution in [0, 0.1) is 5.82 Å². The number of alkyl halides is 6. The molecule has 1 aromatic heterocycles. The first-order valence-electron chi connectivity index (χ1n) is 5.61. The summed E-state index contributed by atoms with van der Waals surface area (Å²) in [6.07, 6.45) is -11.9. The van der Waals surface area contributed by atoms with Crippen LogP contribution in [0.3, 0.4) is 0 Å². The van der Waals surface area contributed by atoms with Crippen molar-refractivity contribution in [3.05, 3.63) is 23.3 Å². The lowest BCUT2D eigenvalue weighted by atomic mass is 10.2. The van der Waals surface area contributed by atoms with Gasteiger partial charge < -0.3 is 9.47 Å². The molecule has 0 atom stereocenters. The number of hydrogen-bond acceptors (Lipinski definition) is 4. The van der Waals surface area contributed by atoms with E-state index in [0.29, 0.717) is 0 Å². The van der Waals surface area contributed by atoms with Crippen LogP contribution in [-0.4, -0.2) is 23.9 Å². The van der Waals surface area contributed by atoms with Gasteiger partial charge in [-0.2, -0.15) is 13.2 Å². The second-order valence-corrected chi connectivity index (χ2v) is 3.79. The van der Waals surface area contributed by atoms with E-state index < -0.39 is 47.8 Å². The van der Waals surface area contributed by atoms with Gasteiger partial charge in [-0.15, -0.1) is 13.2 Å². The zero-order valence-electron chi connectivity index (χ0n) is 10.8. The summed E-state index contributed by atoms with van der Waals surface area (Å²) in [5.74, 6) is -5.18. The standard InChI is InChI=1S/C11H8F7NO3/c1-2-21-7(20)3-6-8(12)9(22-11(16,17)18)5(4-19-6)10(13,14)15/h4H,2-3H2,1H3. The number of carbonyl (C=O) groups is 1. The lowest BCUT2D eigenvalue weighted by molar-refractivity contribution is -0.277. The van der Waals surface area contributed by atoms with Gasteiger partial charge in [-0.1, -0.05) is 0 Å². The number of pyridine rings is 1. The first-order chi connectivity index (χ1) is 9.95. The average molecular weight is 335 g/mol. The highest BCUT2D eigenvalue weighted by molar-refractivity contribution is 5.72. The van der Waals surface area contributed by atoms with Crippen molar-refractivity contribution in [3.63, 3.8) is 0 Å². The Hall–Kier alpha value is -2.07.